The molecule has 1 aromatic heterocycles. The first-order valence-electron chi connectivity index (χ1n) is 6.01. The van der Waals surface area contributed by atoms with Gasteiger partial charge in [-0.05, 0) is 25.1 Å². The van der Waals surface area contributed by atoms with Gasteiger partial charge in [0.1, 0.15) is 18.1 Å². The van der Waals surface area contributed by atoms with E-state index in [2.05, 4.69) is 4.98 Å². The maximum atomic E-state index is 11.4. The summed E-state index contributed by atoms with van der Waals surface area (Å²) in [6.07, 6.45) is 3.11. The van der Waals surface area contributed by atoms with Crippen LogP contribution in [0.3, 0.4) is 0 Å². The van der Waals surface area contributed by atoms with E-state index in [9.17, 15) is 4.79 Å². The number of carbonyl (C=O) groups is 1. The Bertz CT molecular complexity index is 628. The Morgan fingerprint density at radius 1 is 1.30 bits per heavy atom. The molecular weight excluding hydrogens is 278 g/mol. The minimum Gasteiger partial charge on any atom is -0.496 e. The molecule has 0 radical (unpaired) electrons. The predicted molar refractivity (Wildman–Crippen MR) is 76.6 cm³/mol. The fourth-order valence-corrected chi connectivity index (χ4v) is 1.91. The van der Waals surface area contributed by atoms with Gasteiger partial charge in [-0.1, -0.05) is 11.6 Å². The quantitative estimate of drug-likeness (QED) is 0.791. The van der Waals surface area contributed by atoms with Gasteiger partial charge in [-0.25, -0.2) is 0 Å². The number of carbonyl (C=O) groups excluding carboxylic acids is 1. The van der Waals surface area contributed by atoms with Gasteiger partial charge in [-0.2, -0.15) is 0 Å². The van der Waals surface area contributed by atoms with E-state index in [1.54, 1.807) is 37.6 Å². The predicted octanol–water partition coefficient (Wildman–Crippen LogP) is 3.53. The van der Waals surface area contributed by atoms with E-state index < -0.39 is 0 Å². The van der Waals surface area contributed by atoms with Crippen molar-refractivity contribution in [3.8, 4) is 11.5 Å². The zero-order valence-electron chi connectivity index (χ0n) is 11.2. The van der Waals surface area contributed by atoms with E-state index in [-0.39, 0.29) is 12.4 Å². The maximum Gasteiger partial charge on any atom is 0.159 e. The number of halogens is 1. The van der Waals surface area contributed by atoms with Crippen molar-refractivity contribution in [2.24, 2.45) is 0 Å². The van der Waals surface area contributed by atoms with Crippen LogP contribution in [0.2, 0.25) is 5.02 Å². The first kappa shape index (κ1) is 14.3. The summed E-state index contributed by atoms with van der Waals surface area (Å²) in [7, 11) is 1.58. The molecule has 1 aromatic carbocycles. The van der Waals surface area contributed by atoms with Crippen molar-refractivity contribution in [2.45, 2.75) is 13.5 Å². The number of benzene rings is 1. The standard InChI is InChI=1S/C15H14ClNO3/c1-10(18)11-3-4-15(19-2)12(5-11)9-20-14-6-13(16)7-17-8-14/h3-8H,9H2,1-2H3. The number of hydrogen-bond donors (Lipinski definition) is 0. The number of ketones is 1. The highest BCUT2D eigenvalue weighted by Crippen LogP contribution is 2.23. The van der Waals surface area contributed by atoms with Crippen molar-refractivity contribution in [3.63, 3.8) is 0 Å². The van der Waals surface area contributed by atoms with Crippen LogP contribution in [-0.4, -0.2) is 17.9 Å². The van der Waals surface area contributed by atoms with Crippen molar-refractivity contribution >= 4 is 17.4 Å². The molecule has 0 aliphatic carbocycles. The molecule has 0 amide bonds. The number of hydrogen-bond acceptors (Lipinski definition) is 4. The van der Waals surface area contributed by atoms with Crippen LogP contribution in [0.1, 0.15) is 22.8 Å². The van der Waals surface area contributed by atoms with Gasteiger partial charge in [-0.3, -0.25) is 9.78 Å². The molecule has 0 aliphatic rings. The molecule has 0 aliphatic heterocycles. The second kappa shape index (κ2) is 6.39. The van der Waals surface area contributed by atoms with E-state index in [1.165, 1.54) is 13.1 Å². The Hall–Kier alpha value is -2.07. The maximum absolute atomic E-state index is 11.4. The van der Waals surface area contributed by atoms with E-state index in [4.69, 9.17) is 21.1 Å². The summed E-state index contributed by atoms with van der Waals surface area (Å²) in [6, 6.07) is 6.92. The van der Waals surface area contributed by atoms with Gasteiger partial charge in [0.05, 0.1) is 18.3 Å². The molecule has 0 N–H and O–H groups in total. The van der Waals surface area contributed by atoms with Crippen LogP contribution in [0.4, 0.5) is 0 Å². The van der Waals surface area contributed by atoms with Crippen molar-refractivity contribution in [2.75, 3.05) is 7.11 Å². The average Bonchev–Trinajstić information content (AvgIpc) is 2.44. The number of aromatic nitrogens is 1. The highest BCUT2D eigenvalue weighted by Gasteiger charge is 2.08. The van der Waals surface area contributed by atoms with Gasteiger partial charge in [0, 0.05) is 23.4 Å². The molecular formula is C15H14ClNO3. The lowest BCUT2D eigenvalue weighted by atomic mass is 10.1. The Morgan fingerprint density at radius 2 is 2.10 bits per heavy atom. The number of methoxy groups -OCH3 is 1. The third-order valence-corrected chi connectivity index (χ3v) is 2.97. The van der Waals surface area contributed by atoms with Gasteiger partial charge in [0.15, 0.2) is 5.78 Å². The molecule has 0 spiro atoms. The van der Waals surface area contributed by atoms with E-state index in [0.717, 1.165) is 5.56 Å². The molecule has 5 heteroatoms. The Kier molecular flexibility index (Phi) is 4.58. The minimum absolute atomic E-state index is 0.00155. The Labute approximate surface area is 122 Å². The summed E-state index contributed by atoms with van der Waals surface area (Å²) in [5.74, 6) is 1.23. The molecule has 0 unspecified atom stereocenters. The Balaban J connectivity index is 2.19. The zero-order valence-corrected chi connectivity index (χ0v) is 12.0. The van der Waals surface area contributed by atoms with Crippen molar-refractivity contribution in [1.82, 2.24) is 4.98 Å². The first-order chi connectivity index (χ1) is 9.60. The normalized spacial score (nSPS) is 10.2. The van der Waals surface area contributed by atoms with Crippen molar-refractivity contribution in [1.29, 1.82) is 0 Å². The van der Waals surface area contributed by atoms with Crippen LogP contribution in [0, 0.1) is 0 Å². The second-order valence-electron chi connectivity index (χ2n) is 4.21. The van der Waals surface area contributed by atoms with Gasteiger partial charge in [-0.15, -0.1) is 0 Å². The SMILES string of the molecule is COc1ccc(C(C)=O)cc1COc1cncc(Cl)c1. The highest BCUT2D eigenvalue weighted by atomic mass is 35.5. The molecule has 20 heavy (non-hydrogen) atoms. The lowest BCUT2D eigenvalue weighted by Crippen LogP contribution is -2.02. The number of pyridine rings is 1. The zero-order chi connectivity index (χ0) is 14.5. The largest absolute Gasteiger partial charge is 0.496 e. The van der Waals surface area contributed by atoms with Crippen LogP contribution >= 0.6 is 11.6 Å². The molecule has 0 fully saturated rings. The summed E-state index contributed by atoms with van der Waals surface area (Å²) >= 11 is 5.84. The molecule has 0 saturated heterocycles. The molecule has 0 saturated carbocycles. The lowest BCUT2D eigenvalue weighted by Gasteiger charge is -2.11. The highest BCUT2D eigenvalue weighted by molar-refractivity contribution is 6.30. The second-order valence-corrected chi connectivity index (χ2v) is 4.65. The summed E-state index contributed by atoms with van der Waals surface area (Å²) in [5.41, 5.74) is 1.41. The van der Waals surface area contributed by atoms with Crippen LogP contribution in [-0.2, 0) is 6.61 Å². The Morgan fingerprint density at radius 3 is 2.75 bits per heavy atom. The fraction of sp³-hybridized carbons (Fsp3) is 0.200. The summed E-state index contributed by atoms with van der Waals surface area (Å²) < 4.78 is 10.9. The van der Waals surface area contributed by atoms with E-state index in [0.29, 0.717) is 22.1 Å². The van der Waals surface area contributed by atoms with E-state index >= 15 is 0 Å². The smallest absolute Gasteiger partial charge is 0.159 e. The summed E-state index contributed by atoms with van der Waals surface area (Å²) in [6.45, 7) is 1.79. The molecule has 0 atom stereocenters. The monoisotopic (exact) mass is 291 g/mol. The molecule has 4 nitrogen and oxygen atoms in total. The van der Waals surface area contributed by atoms with Gasteiger partial charge < -0.3 is 9.47 Å². The summed E-state index contributed by atoms with van der Waals surface area (Å²) in [4.78, 5) is 15.3. The molecule has 2 rings (SSSR count). The van der Waals surface area contributed by atoms with E-state index in [1.807, 2.05) is 0 Å². The number of ether oxygens (including phenoxy) is 2. The van der Waals surface area contributed by atoms with Crippen LogP contribution < -0.4 is 9.47 Å². The average molecular weight is 292 g/mol. The van der Waals surface area contributed by atoms with Gasteiger partial charge >= 0.3 is 0 Å². The third kappa shape index (κ3) is 3.48. The van der Waals surface area contributed by atoms with Gasteiger partial charge in [0.25, 0.3) is 0 Å². The van der Waals surface area contributed by atoms with Crippen LogP contribution in [0.15, 0.2) is 36.7 Å². The third-order valence-electron chi connectivity index (χ3n) is 2.76. The van der Waals surface area contributed by atoms with Crippen LogP contribution in [0.25, 0.3) is 0 Å². The fourth-order valence-electron chi connectivity index (χ4n) is 1.74. The molecule has 1 heterocycles. The molecule has 2 aromatic rings. The van der Waals surface area contributed by atoms with Crippen molar-refractivity contribution < 1.29 is 14.3 Å². The minimum atomic E-state index is -0.00155. The lowest BCUT2D eigenvalue weighted by molar-refractivity contribution is 0.101. The van der Waals surface area contributed by atoms with Crippen molar-refractivity contribution in [3.05, 3.63) is 52.8 Å². The number of Topliss-reactive ketones (excluding diaryl/α,β-unsaturated/α-hetero) is 1. The summed E-state index contributed by atoms with van der Waals surface area (Å²) in [5, 5.41) is 0.506. The first-order valence-corrected chi connectivity index (χ1v) is 6.39. The topological polar surface area (TPSA) is 48.4 Å². The van der Waals surface area contributed by atoms with Crippen LogP contribution in [0.5, 0.6) is 11.5 Å². The van der Waals surface area contributed by atoms with Gasteiger partial charge in [0.2, 0.25) is 0 Å². The molecule has 0 bridgehead atoms. The molecule has 104 valence electrons. The number of rotatable bonds is 5. The number of nitrogens with zero attached hydrogens (tertiary/aromatic N) is 1.